The van der Waals surface area contributed by atoms with Crippen molar-refractivity contribution in [3.8, 4) is 0 Å². The fourth-order valence-electron chi connectivity index (χ4n) is 5.03. The van der Waals surface area contributed by atoms with Crippen LogP contribution in [-0.2, 0) is 6.42 Å². The molecular weight excluding hydrogens is 380 g/mol. The van der Waals surface area contributed by atoms with Gasteiger partial charge in [-0.3, -0.25) is 10.1 Å². The summed E-state index contributed by atoms with van der Waals surface area (Å²) in [6, 6.07) is 16.4. The van der Waals surface area contributed by atoms with Crippen molar-refractivity contribution in [3.63, 3.8) is 0 Å². The highest BCUT2D eigenvalue weighted by atomic mass is 32.1. The van der Waals surface area contributed by atoms with Crippen LogP contribution in [0.15, 0.2) is 54.7 Å². The molecule has 1 amide bonds. The molecule has 0 unspecified atom stereocenters. The van der Waals surface area contributed by atoms with Gasteiger partial charge in [-0.15, -0.1) is 0 Å². The summed E-state index contributed by atoms with van der Waals surface area (Å²) in [5.41, 5.74) is 4.67. The molecule has 3 N–H and O–H groups in total. The second-order valence-corrected chi connectivity index (χ2v) is 8.54. The number of benzene rings is 2. The SMILES string of the molecule is CN1C[C@H](NC(=S)NC(=O)c2ccccc2)C[C@@H]2c3cccc4[nH]cc(c34)C[C@H]21. The lowest BCUT2D eigenvalue weighted by Gasteiger charge is -2.45. The number of carbonyl (C=O) groups is 1. The molecule has 1 aliphatic heterocycles. The monoisotopic (exact) mass is 404 g/mol. The van der Waals surface area contributed by atoms with Crippen LogP contribution >= 0.6 is 12.2 Å². The highest BCUT2D eigenvalue weighted by Crippen LogP contribution is 2.42. The summed E-state index contributed by atoms with van der Waals surface area (Å²) in [5, 5.41) is 7.99. The topological polar surface area (TPSA) is 60.2 Å². The van der Waals surface area contributed by atoms with E-state index in [1.54, 1.807) is 12.1 Å². The zero-order valence-electron chi connectivity index (χ0n) is 16.3. The van der Waals surface area contributed by atoms with E-state index in [4.69, 9.17) is 12.2 Å². The van der Waals surface area contributed by atoms with Crippen LogP contribution in [0.4, 0.5) is 0 Å². The Labute approximate surface area is 175 Å². The van der Waals surface area contributed by atoms with Crippen molar-refractivity contribution in [1.82, 2.24) is 20.5 Å². The van der Waals surface area contributed by atoms with Gasteiger partial charge in [0.2, 0.25) is 0 Å². The number of nitrogens with zero attached hydrogens (tertiary/aromatic N) is 1. The zero-order chi connectivity index (χ0) is 20.0. The van der Waals surface area contributed by atoms with Gasteiger partial charge in [0.05, 0.1) is 0 Å². The molecule has 6 heteroatoms. The number of aromatic amines is 1. The molecule has 1 fully saturated rings. The van der Waals surface area contributed by atoms with Gasteiger partial charge >= 0.3 is 0 Å². The molecule has 1 saturated heterocycles. The Morgan fingerprint density at radius 3 is 2.83 bits per heavy atom. The summed E-state index contributed by atoms with van der Waals surface area (Å²) >= 11 is 5.44. The summed E-state index contributed by atoms with van der Waals surface area (Å²) in [7, 11) is 2.19. The van der Waals surface area contributed by atoms with Gasteiger partial charge in [0.25, 0.3) is 5.91 Å². The van der Waals surface area contributed by atoms with Gasteiger partial charge in [0, 0.05) is 47.2 Å². The maximum absolute atomic E-state index is 12.4. The molecule has 0 saturated carbocycles. The third-order valence-corrected chi connectivity index (χ3v) is 6.54. The number of hydrogen-bond acceptors (Lipinski definition) is 3. The number of piperidine rings is 1. The van der Waals surface area contributed by atoms with Gasteiger partial charge in [0.15, 0.2) is 5.11 Å². The quantitative estimate of drug-likeness (QED) is 0.574. The predicted molar refractivity (Wildman–Crippen MR) is 119 cm³/mol. The molecule has 2 heterocycles. The van der Waals surface area contributed by atoms with Gasteiger partial charge in [-0.25, -0.2) is 0 Å². The minimum absolute atomic E-state index is 0.176. The van der Waals surface area contributed by atoms with Crippen LogP contribution in [0.25, 0.3) is 10.9 Å². The van der Waals surface area contributed by atoms with Crippen molar-refractivity contribution in [2.24, 2.45) is 0 Å². The molecule has 2 aliphatic rings. The third kappa shape index (κ3) is 3.32. The molecule has 3 aromatic rings. The van der Waals surface area contributed by atoms with Gasteiger partial charge in [-0.2, -0.15) is 0 Å². The van der Waals surface area contributed by atoms with E-state index in [0.29, 0.717) is 22.6 Å². The van der Waals surface area contributed by atoms with E-state index in [-0.39, 0.29) is 11.9 Å². The van der Waals surface area contributed by atoms with Crippen LogP contribution < -0.4 is 10.6 Å². The number of hydrogen-bond donors (Lipinski definition) is 3. The van der Waals surface area contributed by atoms with Gasteiger partial charge in [-0.05, 0) is 61.4 Å². The largest absolute Gasteiger partial charge is 0.361 e. The number of fused-ring (bicyclic) bond motifs is 2. The molecule has 2 aromatic carbocycles. The number of likely N-dealkylation sites (N-methyl/N-ethyl adjacent to an activating group) is 1. The minimum Gasteiger partial charge on any atom is -0.361 e. The molecule has 1 aromatic heterocycles. The molecular formula is C23H24N4OS. The Bertz CT molecular complexity index is 1080. The molecule has 0 spiro atoms. The van der Waals surface area contributed by atoms with Crippen molar-refractivity contribution in [2.45, 2.75) is 30.8 Å². The summed E-state index contributed by atoms with van der Waals surface area (Å²) in [6.07, 6.45) is 4.23. The van der Waals surface area contributed by atoms with E-state index in [1.165, 1.54) is 22.0 Å². The Morgan fingerprint density at radius 1 is 1.17 bits per heavy atom. The van der Waals surface area contributed by atoms with E-state index in [0.717, 1.165) is 19.4 Å². The van der Waals surface area contributed by atoms with Crippen LogP contribution in [-0.4, -0.2) is 46.6 Å². The summed E-state index contributed by atoms with van der Waals surface area (Å²) in [4.78, 5) is 18.2. The van der Waals surface area contributed by atoms with E-state index in [2.05, 4.69) is 52.0 Å². The number of aromatic nitrogens is 1. The molecule has 29 heavy (non-hydrogen) atoms. The van der Waals surface area contributed by atoms with E-state index in [1.807, 2.05) is 18.2 Å². The van der Waals surface area contributed by atoms with Crippen molar-refractivity contribution in [2.75, 3.05) is 13.6 Å². The number of nitrogens with one attached hydrogen (secondary N) is 3. The van der Waals surface area contributed by atoms with Crippen molar-refractivity contribution in [3.05, 3.63) is 71.4 Å². The first-order chi connectivity index (χ1) is 14.1. The van der Waals surface area contributed by atoms with Gasteiger partial charge < -0.3 is 15.2 Å². The average molecular weight is 405 g/mol. The molecule has 0 bridgehead atoms. The lowest BCUT2D eigenvalue weighted by Crippen LogP contribution is -2.56. The van der Waals surface area contributed by atoms with Crippen molar-refractivity contribution < 1.29 is 4.79 Å². The Hall–Kier alpha value is -2.70. The number of likely N-dealkylation sites (tertiary alicyclic amines) is 1. The molecule has 148 valence electrons. The zero-order valence-corrected chi connectivity index (χ0v) is 17.1. The van der Waals surface area contributed by atoms with Gasteiger partial charge in [0.1, 0.15) is 0 Å². The normalized spacial score (nSPS) is 23.4. The first kappa shape index (κ1) is 18.3. The van der Waals surface area contributed by atoms with E-state index >= 15 is 0 Å². The van der Waals surface area contributed by atoms with E-state index in [9.17, 15) is 4.79 Å². The number of rotatable bonds is 2. The lowest BCUT2D eigenvalue weighted by molar-refractivity contribution is 0.0974. The highest BCUT2D eigenvalue weighted by Gasteiger charge is 2.39. The Morgan fingerprint density at radius 2 is 2.00 bits per heavy atom. The Balaban J connectivity index is 1.31. The summed E-state index contributed by atoms with van der Waals surface area (Å²) in [5.74, 6) is 0.274. The molecule has 5 rings (SSSR count). The van der Waals surface area contributed by atoms with Crippen molar-refractivity contribution in [1.29, 1.82) is 0 Å². The van der Waals surface area contributed by atoms with Gasteiger partial charge in [-0.1, -0.05) is 30.3 Å². The summed E-state index contributed by atoms with van der Waals surface area (Å²) < 4.78 is 0. The van der Waals surface area contributed by atoms with Crippen LogP contribution in [0.3, 0.4) is 0 Å². The second kappa shape index (κ2) is 7.28. The minimum atomic E-state index is -0.176. The Kier molecular flexibility index (Phi) is 4.60. The average Bonchev–Trinajstić information content (AvgIpc) is 3.14. The third-order valence-electron chi connectivity index (χ3n) is 6.32. The second-order valence-electron chi connectivity index (χ2n) is 8.13. The van der Waals surface area contributed by atoms with Crippen LogP contribution in [0, 0.1) is 0 Å². The molecule has 1 aliphatic carbocycles. The van der Waals surface area contributed by atoms with Crippen LogP contribution in [0.1, 0.15) is 33.8 Å². The van der Waals surface area contributed by atoms with Crippen molar-refractivity contribution >= 4 is 34.1 Å². The van der Waals surface area contributed by atoms with Crippen LogP contribution in [0.5, 0.6) is 0 Å². The highest BCUT2D eigenvalue weighted by molar-refractivity contribution is 7.80. The smallest absolute Gasteiger partial charge is 0.257 e. The standard InChI is InChI=1S/C23H24N4OS/c1-27-13-16(25-23(29)26-22(28)14-6-3-2-4-7-14)11-18-17-8-5-9-19-21(17)15(12-24-19)10-20(18)27/h2-9,12,16,18,20,24H,10-11,13H2,1H3,(H2,25,26,28,29)/t16-,18-,20-/m1/s1. The maximum Gasteiger partial charge on any atom is 0.257 e. The number of amides is 1. The number of thiocarbonyl (C=S) groups is 1. The summed E-state index contributed by atoms with van der Waals surface area (Å²) in [6.45, 7) is 0.901. The van der Waals surface area contributed by atoms with Crippen LogP contribution in [0.2, 0.25) is 0 Å². The predicted octanol–water partition coefficient (Wildman–Crippen LogP) is 3.18. The fourth-order valence-corrected chi connectivity index (χ4v) is 5.29. The number of H-pyrrole nitrogens is 1. The van der Waals surface area contributed by atoms with E-state index < -0.39 is 0 Å². The first-order valence-electron chi connectivity index (χ1n) is 10.1. The lowest BCUT2D eigenvalue weighted by atomic mass is 9.74. The molecule has 0 radical (unpaired) electrons. The molecule has 3 atom stereocenters. The maximum atomic E-state index is 12.4. The molecule has 5 nitrogen and oxygen atoms in total. The first-order valence-corrected chi connectivity index (χ1v) is 10.5. The number of carbonyl (C=O) groups excluding carboxylic acids is 1. The fraction of sp³-hybridized carbons (Fsp3) is 0.304.